The SMILES string of the molecule is Cc1c(F)c(N2CCC(N)C2)nc2[nH]cc(C(=O)N3CCOCC3)c(=O)c12. The molecule has 9 heteroatoms. The monoisotopic (exact) mass is 375 g/mol. The molecule has 144 valence electrons. The van der Waals surface area contributed by atoms with Crippen molar-refractivity contribution in [1.82, 2.24) is 14.9 Å². The molecular weight excluding hydrogens is 353 g/mol. The second kappa shape index (κ2) is 6.90. The smallest absolute Gasteiger partial charge is 0.259 e. The number of nitrogens with one attached hydrogen (secondary N) is 1. The third-order valence-corrected chi connectivity index (χ3v) is 5.23. The van der Waals surface area contributed by atoms with Crippen molar-refractivity contribution in [1.29, 1.82) is 0 Å². The molecule has 1 unspecified atom stereocenters. The van der Waals surface area contributed by atoms with Gasteiger partial charge in [0.2, 0.25) is 5.43 Å². The van der Waals surface area contributed by atoms with Gasteiger partial charge in [-0.1, -0.05) is 0 Å². The van der Waals surface area contributed by atoms with Crippen LogP contribution in [-0.4, -0.2) is 66.2 Å². The number of hydrogen-bond donors (Lipinski definition) is 2. The molecule has 1 amide bonds. The van der Waals surface area contributed by atoms with Gasteiger partial charge in [0.25, 0.3) is 5.91 Å². The zero-order chi connectivity index (χ0) is 19.1. The van der Waals surface area contributed by atoms with E-state index in [1.807, 2.05) is 0 Å². The molecule has 2 aliphatic heterocycles. The number of aryl methyl sites for hydroxylation is 1. The van der Waals surface area contributed by atoms with E-state index in [0.29, 0.717) is 39.4 Å². The second-order valence-electron chi connectivity index (χ2n) is 7.03. The molecule has 4 heterocycles. The van der Waals surface area contributed by atoms with Crippen LogP contribution < -0.4 is 16.1 Å². The van der Waals surface area contributed by atoms with E-state index in [-0.39, 0.29) is 39.9 Å². The lowest BCUT2D eigenvalue weighted by Crippen LogP contribution is -2.42. The number of aromatic nitrogens is 2. The van der Waals surface area contributed by atoms with Crippen molar-refractivity contribution in [2.75, 3.05) is 44.3 Å². The molecule has 2 aromatic heterocycles. The van der Waals surface area contributed by atoms with Gasteiger partial charge in [0.1, 0.15) is 11.2 Å². The average molecular weight is 375 g/mol. The topological polar surface area (TPSA) is 105 Å². The first-order chi connectivity index (χ1) is 13.0. The number of nitrogens with zero attached hydrogens (tertiary/aromatic N) is 3. The number of fused-ring (bicyclic) bond motifs is 1. The van der Waals surface area contributed by atoms with E-state index in [9.17, 15) is 14.0 Å². The van der Waals surface area contributed by atoms with Crippen LogP contribution in [0.3, 0.4) is 0 Å². The van der Waals surface area contributed by atoms with Gasteiger partial charge in [0.15, 0.2) is 11.6 Å². The van der Waals surface area contributed by atoms with Crippen molar-refractivity contribution in [3.8, 4) is 0 Å². The maximum absolute atomic E-state index is 15.0. The molecule has 0 radical (unpaired) electrons. The van der Waals surface area contributed by atoms with E-state index in [1.54, 1.807) is 9.80 Å². The molecule has 0 saturated carbocycles. The fourth-order valence-electron chi connectivity index (χ4n) is 3.67. The van der Waals surface area contributed by atoms with Crippen LogP contribution in [0.15, 0.2) is 11.0 Å². The van der Waals surface area contributed by atoms with Gasteiger partial charge >= 0.3 is 0 Å². The lowest BCUT2D eigenvalue weighted by Gasteiger charge is -2.26. The summed E-state index contributed by atoms with van der Waals surface area (Å²) in [5.74, 6) is -0.732. The second-order valence-corrected chi connectivity index (χ2v) is 7.03. The first-order valence-corrected chi connectivity index (χ1v) is 9.06. The summed E-state index contributed by atoms with van der Waals surface area (Å²) in [6.07, 6.45) is 2.13. The Morgan fingerprint density at radius 3 is 2.78 bits per heavy atom. The van der Waals surface area contributed by atoms with Gasteiger partial charge in [-0.15, -0.1) is 0 Å². The standard InChI is InChI=1S/C18H22FN5O3/c1-10-13-15(25)12(18(26)23-4-6-27-7-5-23)8-21-16(13)22-17(14(10)19)24-3-2-11(20)9-24/h8,11H,2-7,9,20H2,1H3,(H,21,22,25). The molecule has 2 saturated heterocycles. The molecule has 8 nitrogen and oxygen atoms in total. The van der Waals surface area contributed by atoms with Gasteiger partial charge in [-0.2, -0.15) is 0 Å². The van der Waals surface area contributed by atoms with Crippen LogP contribution in [0.1, 0.15) is 22.3 Å². The van der Waals surface area contributed by atoms with Crippen molar-refractivity contribution in [2.24, 2.45) is 5.73 Å². The number of carbonyl (C=O) groups is 1. The van der Waals surface area contributed by atoms with Crippen LogP contribution in [0.25, 0.3) is 11.0 Å². The highest BCUT2D eigenvalue weighted by molar-refractivity contribution is 5.97. The maximum atomic E-state index is 15.0. The lowest BCUT2D eigenvalue weighted by atomic mass is 10.1. The molecule has 0 spiro atoms. The highest BCUT2D eigenvalue weighted by Crippen LogP contribution is 2.27. The first kappa shape index (κ1) is 17.9. The van der Waals surface area contributed by atoms with Crippen LogP contribution in [-0.2, 0) is 4.74 Å². The Hall–Kier alpha value is -2.52. The minimum atomic E-state index is -0.543. The Morgan fingerprint density at radius 1 is 1.37 bits per heavy atom. The minimum absolute atomic E-state index is 0.00959. The Morgan fingerprint density at radius 2 is 2.11 bits per heavy atom. The third kappa shape index (κ3) is 3.06. The van der Waals surface area contributed by atoms with E-state index < -0.39 is 11.2 Å². The molecule has 2 fully saturated rings. The fraction of sp³-hybridized carbons (Fsp3) is 0.500. The normalized spacial score (nSPS) is 20.5. The summed E-state index contributed by atoms with van der Waals surface area (Å²) in [4.78, 5) is 36.2. The predicted octanol–water partition coefficient (Wildman–Crippen LogP) is 0.380. The Balaban J connectivity index is 1.78. The van der Waals surface area contributed by atoms with E-state index in [4.69, 9.17) is 10.5 Å². The number of ether oxygens (including phenoxy) is 1. The molecular formula is C18H22FN5O3. The summed E-state index contributed by atoms with van der Waals surface area (Å²) in [7, 11) is 0. The summed E-state index contributed by atoms with van der Waals surface area (Å²) in [5.41, 5.74) is 5.85. The number of anilines is 1. The molecule has 0 aliphatic carbocycles. The zero-order valence-corrected chi connectivity index (χ0v) is 15.1. The number of nitrogens with two attached hydrogens (primary N) is 1. The molecule has 4 rings (SSSR count). The summed E-state index contributed by atoms with van der Waals surface area (Å²) < 4.78 is 20.2. The van der Waals surface area contributed by atoms with Gasteiger partial charge in [-0.25, -0.2) is 9.37 Å². The summed E-state index contributed by atoms with van der Waals surface area (Å²) >= 11 is 0. The number of pyridine rings is 2. The highest BCUT2D eigenvalue weighted by Gasteiger charge is 2.27. The average Bonchev–Trinajstić information content (AvgIpc) is 3.11. The van der Waals surface area contributed by atoms with E-state index in [0.717, 1.165) is 6.42 Å². The van der Waals surface area contributed by atoms with Gasteiger partial charge in [0, 0.05) is 44.0 Å². The number of rotatable bonds is 2. The number of aromatic amines is 1. The minimum Gasteiger partial charge on any atom is -0.378 e. The van der Waals surface area contributed by atoms with Crippen LogP contribution in [0.4, 0.5) is 10.2 Å². The largest absolute Gasteiger partial charge is 0.378 e. The predicted molar refractivity (Wildman–Crippen MR) is 98.6 cm³/mol. The number of amides is 1. The van der Waals surface area contributed by atoms with Gasteiger partial charge in [-0.3, -0.25) is 9.59 Å². The lowest BCUT2D eigenvalue weighted by molar-refractivity contribution is 0.0302. The number of morpholine rings is 1. The van der Waals surface area contributed by atoms with E-state index in [2.05, 4.69) is 9.97 Å². The number of halogens is 1. The van der Waals surface area contributed by atoms with Crippen LogP contribution >= 0.6 is 0 Å². The van der Waals surface area contributed by atoms with Crippen LogP contribution in [0, 0.1) is 12.7 Å². The Bertz CT molecular complexity index is 954. The van der Waals surface area contributed by atoms with E-state index in [1.165, 1.54) is 13.1 Å². The third-order valence-electron chi connectivity index (χ3n) is 5.23. The van der Waals surface area contributed by atoms with Gasteiger partial charge in [-0.05, 0) is 13.3 Å². The van der Waals surface area contributed by atoms with Crippen LogP contribution in [0.2, 0.25) is 0 Å². The molecule has 2 aromatic rings. The molecule has 3 N–H and O–H groups in total. The summed E-state index contributed by atoms with van der Waals surface area (Å²) in [5, 5.41) is 0.110. The van der Waals surface area contributed by atoms with Gasteiger partial charge < -0.3 is 25.3 Å². The zero-order valence-electron chi connectivity index (χ0n) is 15.1. The van der Waals surface area contributed by atoms with Crippen molar-refractivity contribution in [3.63, 3.8) is 0 Å². The highest BCUT2D eigenvalue weighted by atomic mass is 19.1. The van der Waals surface area contributed by atoms with Crippen molar-refractivity contribution < 1.29 is 13.9 Å². The van der Waals surface area contributed by atoms with Gasteiger partial charge in [0.05, 0.1) is 18.6 Å². The Kier molecular flexibility index (Phi) is 4.56. The molecule has 0 aromatic carbocycles. The molecule has 1 atom stereocenters. The number of hydrogen-bond acceptors (Lipinski definition) is 6. The van der Waals surface area contributed by atoms with Crippen LogP contribution in [0.5, 0.6) is 0 Å². The summed E-state index contributed by atoms with van der Waals surface area (Å²) in [6, 6.07) is -0.0187. The van der Waals surface area contributed by atoms with Crippen molar-refractivity contribution in [2.45, 2.75) is 19.4 Å². The number of H-pyrrole nitrogens is 1. The van der Waals surface area contributed by atoms with Crippen molar-refractivity contribution >= 4 is 22.8 Å². The molecule has 27 heavy (non-hydrogen) atoms. The molecule has 2 aliphatic rings. The summed E-state index contributed by atoms with van der Waals surface area (Å²) in [6.45, 7) is 4.41. The number of carbonyl (C=O) groups excluding carboxylic acids is 1. The Labute approximate surface area is 155 Å². The first-order valence-electron chi connectivity index (χ1n) is 9.06. The fourth-order valence-corrected chi connectivity index (χ4v) is 3.67. The van der Waals surface area contributed by atoms with E-state index >= 15 is 0 Å². The quantitative estimate of drug-likeness (QED) is 0.786. The maximum Gasteiger partial charge on any atom is 0.259 e. The van der Waals surface area contributed by atoms with Crippen molar-refractivity contribution in [3.05, 3.63) is 33.4 Å². The molecule has 0 bridgehead atoms.